The minimum Gasteiger partial charge on any atom is -0.445 e. The van der Waals surface area contributed by atoms with Gasteiger partial charge in [0, 0.05) is 39.0 Å². The van der Waals surface area contributed by atoms with Crippen LogP contribution < -0.4 is 26.6 Å². The van der Waals surface area contributed by atoms with Gasteiger partial charge in [0.2, 0.25) is 23.6 Å². The third kappa shape index (κ3) is 18.0. The number of alkyl carbamates (subject to hydrolysis) is 2. The lowest BCUT2D eigenvalue weighted by Gasteiger charge is -2.57. The van der Waals surface area contributed by atoms with Crippen LogP contribution in [-0.4, -0.2) is 126 Å². The summed E-state index contributed by atoms with van der Waals surface area (Å²) in [5, 5.41) is 13.8. The monoisotopic (exact) mass is 1030 g/mol. The summed E-state index contributed by atoms with van der Waals surface area (Å²) in [6.45, 7) is 12.5. The Labute approximate surface area is 433 Å². The number of rotatable bonds is 21. The Morgan fingerprint density at radius 1 is 0.595 bits per heavy atom. The summed E-state index contributed by atoms with van der Waals surface area (Å²) >= 11 is 0. The number of nitrogens with zero attached hydrogens (tertiary/aromatic N) is 2. The Kier molecular flexibility index (Phi) is 20.4. The van der Waals surface area contributed by atoms with Gasteiger partial charge in [0.15, 0.2) is 0 Å². The smallest absolute Gasteiger partial charge is 0.410 e. The molecule has 2 aliphatic rings. The van der Waals surface area contributed by atoms with Crippen molar-refractivity contribution in [3.63, 3.8) is 0 Å². The first-order valence-corrected chi connectivity index (χ1v) is 25.4. The highest BCUT2D eigenvalue weighted by molar-refractivity contribution is 5.95. The summed E-state index contributed by atoms with van der Waals surface area (Å²) in [6, 6.07) is 21.9. The number of carbonyl (C=O) groups is 7. The summed E-state index contributed by atoms with van der Waals surface area (Å²) in [7, 11) is 0. The molecule has 4 atom stereocenters. The number of ether oxygens (including phenoxy) is 3. The average Bonchev–Trinajstić information content (AvgIpc) is 3.30. The van der Waals surface area contributed by atoms with Crippen molar-refractivity contribution in [1.29, 1.82) is 0 Å². The van der Waals surface area contributed by atoms with E-state index < -0.39 is 95.2 Å². The first-order chi connectivity index (χ1) is 34.8. The summed E-state index contributed by atoms with van der Waals surface area (Å²) in [4.78, 5) is 98.1. The van der Waals surface area contributed by atoms with E-state index in [1.54, 1.807) is 120 Å². The minimum absolute atomic E-state index is 0.00530. The molecule has 2 saturated heterocycles. The zero-order valence-electron chi connectivity index (χ0n) is 44.0. The number of unbranched alkanes of at least 4 members (excludes halogenated alkanes) is 1. The second-order valence-electron chi connectivity index (χ2n) is 21.7. The van der Waals surface area contributed by atoms with Crippen molar-refractivity contribution in [2.75, 3.05) is 32.7 Å². The van der Waals surface area contributed by atoms with E-state index in [0.717, 1.165) is 10.5 Å². The van der Waals surface area contributed by atoms with Gasteiger partial charge >= 0.3 is 18.3 Å². The number of likely N-dealkylation sites (tertiary alicyclic amines) is 2. The molecule has 1 spiro atoms. The molecule has 0 radical (unpaired) electrons. The number of piperidine rings is 1. The van der Waals surface area contributed by atoms with Crippen LogP contribution in [0.2, 0.25) is 0 Å². The molecule has 3 aromatic carbocycles. The maximum atomic E-state index is 16.1. The number of alkyl halides is 2. The lowest BCUT2D eigenvalue weighted by molar-refractivity contribution is -0.221. The summed E-state index contributed by atoms with van der Waals surface area (Å²) in [6.07, 6.45) is -1.48. The molecule has 5 N–H and O–H groups in total. The molecule has 404 valence electrons. The Hall–Kier alpha value is -6.79. The lowest BCUT2D eigenvalue weighted by Crippen LogP contribution is -2.72. The first kappa shape index (κ1) is 58.1. The molecule has 3 aromatic rings. The normalized spacial score (nSPS) is 16.6. The fraction of sp³-hybridized carbons (Fsp3) is 0.545. The molecular formula is C55H75F2N7O10. The standard InChI is InChI=1S/C55H75F2N7O10/c1-37(2)30-42(60-46(66)43(31-38-20-12-9-13-21-38)61-47(67)44(32-39-22-14-10-15-23-39)62-50(70)74-53(6,7)8)45(65)59-41(26-18-19-28-58-49(69)73-52(3,4)5)48(68)64-34-54(35-64)27-29-63(36-55(54,56)57)51(71)72-33-40-24-16-11-17-25-40/h9-17,20-25,37,41-44H,18-19,26-36H2,1-8H3,(H,58,69)(H,59,65)(H,60,66)(H,61,67)(H,62,70). The molecule has 2 fully saturated rings. The highest BCUT2D eigenvalue weighted by Crippen LogP contribution is 2.50. The Morgan fingerprint density at radius 3 is 1.58 bits per heavy atom. The van der Waals surface area contributed by atoms with Gasteiger partial charge in [-0.25, -0.2) is 23.2 Å². The van der Waals surface area contributed by atoms with Crippen LogP contribution in [0, 0.1) is 11.3 Å². The van der Waals surface area contributed by atoms with Crippen LogP contribution in [0.1, 0.15) is 104 Å². The summed E-state index contributed by atoms with van der Waals surface area (Å²) < 4.78 is 48.3. The van der Waals surface area contributed by atoms with Crippen LogP contribution in [0.15, 0.2) is 91.0 Å². The number of carbonyl (C=O) groups excluding carboxylic acids is 7. The molecule has 74 heavy (non-hydrogen) atoms. The van der Waals surface area contributed by atoms with E-state index in [1.165, 1.54) is 4.90 Å². The van der Waals surface area contributed by atoms with Crippen molar-refractivity contribution < 1.29 is 56.6 Å². The number of hydrogen-bond acceptors (Lipinski definition) is 10. The topological polar surface area (TPSA) is 214 Å². The number of amides is 7. The van der Waals surface area contributed by atoms with Gasteiger partial charge in [-0.05, 0) is 96.3 Å². The van der Waals surface area contributed by atoms with Crippen LogP contribution in [0.5, 0.6) is 0 Å². The number of hydrogen-bond donors (Lipinski definition) is 5. The summed E-state index contributed by atoms with van der Waals surface area (Å²) in [5.41, 5.74) is -1.07. The van der Waals surface area contributed by atoms with Gasteiger partial charge < -0.3 is 50.6 Å². The average molecular weight is 1030 g/mol. The number of benzene rings is 3. The van der Waals surface area contributed by atoms with Gasteiger partial charge in [-0.15, -0.1) is 0 Å². The van der Waals surface area contributed by atoms with E-state index in [0.29, 0.717) is 24.0 Å². The lowest BCUT2D eigenvalue weighted by atomic mass is 9.69. The zero-order chi connectivity index (χ0) is 54.3. The molecule has 4 unspecified atom stereocenters. The molecule has 2 aliphatic heterocycles. The van der Waals surface area contributed by atoms with E-state index in [4.69, 9.17) is 14.2 Å². The minimum atomic E-state index is -3.37. The predicted molar refractivity (Wildman–Crippen MR) is 274 cm³/mol. The van der Waals surface area contributed by atoms with Gasteiger partial charge in [0.25, 0.3) is 5.92 Å². The van der Waals surface area contributed by atoms with Crippen molar-refractivity contribution in [2.45, 2.75) is 148 Å². The van der Waals surface area contributed by atoms with Gasteiger partial charge in [-0.2, -0.15) is 0 Å². The van der Waals surface area contributed by atoms with Crippen LogP contribution in [-0.2, 0) is 52.8 Å². The Morgan fingerprint density at radius 2 is 1.07 bits per heavy atom. The number of nitrogens with one attached hydrogen (secondary N) is 5. The predicted octanol–water partition coefficient (Wildman–Crippen LogP) is 7.07. The van der Waals surface area contributed by atoms with E-state index in [9.17, 15) is 33.6 Å². The molecule has 5 rings (SSSR count). The second kappa shape index (κ2) is 25.9. The van der Waals surface area contributed by atoms with Crippen LogP contribution >= 0.6 is 0 Å². The zero-order valence-corrected chi connectivity index (χ0v) is 44.0. The van der Waals surface area contributed by atoms with Gasteiger partial charge in [-0.3, -0.25) is 19.2 Å². The quantitative estimate of drug-likeness (QED) is 0.0541. The highest BCUT2D eigenvalue weighted by atomic mass is 19.3. The largest absolute Gasteiger partial charge is 0.445 e. The van der Waals surface area contributed by atoms with Crippen molar-refractivity contribution in [3.05, 3.63) is 108 Å². The SMILES string of the molecule is CC(C)CC(NC(=O)C(Cc1ccccc1)NC(=O)C(Cc1ccccc1)NC(=O)OC(C)(C)C)C(=O)NC(CCCCNC(=O)OC(C)(C)C)C(=O)N1CC2(CCN(C(=O)OCc3ccccc3)CC2(F)F)C1. The molecule has 0 aliphatic carbocycles. The third-order valence-corrected chi connectivity index (χ3v) is 12.5. The summed E-state index contributed by atoms with van der Waals surface area (Å²) in [5.74, 6) is -6.23. The van der Waals surface area contributed by atoms with Crippen LogP contribution in [0.4, 0.5) is 23.2 Å². The fourth-order valence-corrected chi connectivity index (χ4v) is 8.76. The molecular weight excluding hydrogens is 957 g/mol. The third-order valence-electron chi connectivity index (χ3n) is 12.5. The van der Waals surface area contributed by atoms with Crippen LogP contribution in [0.25, 0.3) is 0 Å². The van der Waals surface area contributed by atoms with Crippen molar-refractivity contribution in [3.8, 4) is 0 Å². The Balaban J connectivity index is 1.32. The highest BCUT2D eigenvalue weighted by Gasteiger charge is 2.64. The van der Waals surface area contributed by atoms with Gasteiger partial charge in [-0.1, -0.05) is 105 Å². The van der Waals surface area contributed by atoms with Gasteiger partial charge in [0.1, 0.15) is 42.0 Å². The fourth-order valence-electron chi connectivity index (χ4n) is 8.76. The Bertz CT molecular complexity index is 2360. The number of halogens is 2. The van der Waals surface area contributed by atoms with Crippen molar-refractivity contribution in [2.24, 2.45) is 11.3 Å². The van der Waals surface area contributed by atoms with E-state index >= 15 is 8.78 Å². The maximum absolute atomic E-state index is 16.1. The van der Waals surface area contributed by atoms with Crippen molar-refractivity contribution >= 4 is 41.9 Å². The van der Waals surface area contributed by atoms with E-state index in [-0.39, 0.29) is 70.8 Å². The van der Waals surface area contributed by atoms with E-state index in [1.807, 2.05) is 26.0 Å². The van der Waals surface area contributed by atoms with Crippen molar-refractivity contribution in [1.82, 2.24) is 36.4 Å². The molecule has 19 heteroatoms. The second-order valence-corrected chi connectivity index (χ2v) is 21.7. The molecule has 0 saturated carbocycles. The maximum Gasteiger partial charge on any atom is 0.410 e. The molecule has 0 aromatic heterocycles. The van der Waals surface area contributed by atoms with Crippen LogP contribution in [0.3, 0.4) is 0 Å². The molecule has 2 heterocycles. The first-order valence-electron chi connectivity index (χ1n) is 25.4. The molecule has 0 bridgehead atoms. The molecule has 17 nitrogen and oxygen atoms in total. The van der Waals surface area contributed by atoms with Gasteiger partial charge in [0.05, 0.1) is 12.0 Å². The van der Waals surface area contributed by atoms with E-state index in [2.05, 4.69) is 26.6 Å². The molecule has 7 amide bonds.